The van der Waals surface area contributed by atoms with E-state index >= 15 is 0 Å². The van der Waals surface area contributed by atoms with Gasteiger partial charge < -0.3 is 10.2 Å². The van der Waals surface area contributed by atoms with Gasteiger partial charge in [-0.15, -0.1) is 0 Å². The van der Waals surface area contributed by atoms with Gasteiger partial charge in [0.25, 0.3) is 0 Å². The van der Waals surface area contributed by atoms with Crippen molar-refractivity contribution in [1.29, 1.82) is 0 Å². The summed E-state index contributed by atoms with van der Waals surface area (Å²) in [6, 6.07) is 2.75. The Balaban J connectivity index is 1.79. The molecule has 1 aromatic rings. The van der Waals surface area contributed by atoms with Crippen LogP contribution in [0.4, 0.5) is 0 Å². The van der Waals surface area contributed by atoms with Crippen LogP contribution in [0.2, 0.25) is 0 Å². The first kappa shape index (κ1) is 14.1. The van der Waals surface area contributed by atoms with Gasteiger partial charge in [-0.25, -0.2) is 0 Å². The van der Waals surface area contributed by atoms with Gasteiger partial charge in [0, 0.05) is 37.3 Å². The maximum Gasteiger partial charge on any atom is 0.225 e. The highest BCUT2D eigenvalue weighted by molar-refractivity contribution is 5.78. The highest BCUT2D eigenvalue weighted by Gasteiger charge is 2.25. The van der Waals surface area contributed by atoms with Crippen LogP contribution in [0, 0.1) is 5.92 Å². The zero-order chi connectivity index (χ0) is 13.8. The van der Waals surface area contributed by atoms with E-state index in [2.05, 4.69) is 22.4 Å². The first-order chi connectivity index (χ1) is 9.08. The predicted octanol–water partition coefficient (Wildman–Crippen LogP) is 1.71. The van der Waals surface area contributed by atoms with E-state index in [-0.39, 0.29) is 17.9 Å². The van der Waals surface area contributed by atoms with Gasteiger partial charge in [0.2, 0.25) is 5.91 Å². The average molecular weight is 264 g/mol. The number of aromatic amines is 1. The second-order valence-corrected chi connectivity index (χ2v) is 5.65. The fourth-order valence-corrected chi connectivity index (χ4v) is 2.58. The minimum absolute atomic E-state index is 0.105. The molecule has 1 amide bonds. The standard InChI is InChI=1S/C14H24N4O/c1-10(2)14(19)18-8-5-12(6-9-18)16-11(3)13-4-7-15-17-13/h4,7,10-12,16H,5-6,8-9H2,1-3H3,(H,15,17). The molecule has 5 heteroatoms. The molecule has 0 aliphatic carbocycles. The van der Waals surface area contributed by atoms with Gasteiger partial charge in [-0.2, -0.15) is 5.10 Å². The minimum atomic E-state index is 0.105. The van der Waals surface area contributed by atoms with Crippen LogP contribution in [0.1, 0.15) is 45.3 Å². The number of hydrogen-bond donors (Lipinski definition) is 2. The van der Waals surface area contributed by atoms with Crippen molar-refractivity contribution in [1.82, 2.24) is 20.4 Å². The third-order valence-corrected chi connectivity index (χ3v) is 3.78. The summed E-state index contributed by atoms with van der Waals surface area (Å²) >= 11 is 0. The van der Waals surface area contributed by atoms with E-state index in [1.54, 1.807) is 6.20 Å². The van der Waals surface area contributed by atoms with Crippen LogP contribution < -0.4 is 5.32 Å². The number of nitrogens with zero attached hydrogens (tertiary/aromatic N) is 2. The summed E-state index contributed by atoms with van der Waals surface area (Å²) in [6.45, 7) is 7.80. The number of nitrogens with one attached hydrogen (secondary N) is 2. The molecule has 106 valence electrons. The Bertz CT molecular complexity index is 394. The average Bonchev–Trinajstić information content (AvgIpc) is 2.92. The van der Waals surface area contributed by atoms with Gasteiger partial charge in [0.05, 0.1) is 5.69 Å². The predicted molar refractivity (Wildman–Crippen MR) is 74.6 cm³/mol. The van der Waals surface area contributed by atoms with Crippen molar-refractivity contribution in [2.24, 2.45) is 5.92 Å². The van der Waals surface area contributed by atoms with Crippen LogP contribution in [0.25, 0.3) is 0 Å². The molecule has 0 aromatic carbocycles. The molecule has 1 saturated heterocycles. The number of piperidine rings is 1. The molecule has 0 radical (unpaired) electrons. The van der Waals surface area contributed by atoms with Gasteiger partial charge in [0.15, 0.2) is 0 Å². The Hall–Kier alpha value is -1.36. The van der Waals surface area contributed by atoms with Gasteiger partial charge >= 0.3 is 0 Å². The third-order valence-electron chi connectivity index (χ3n) is 3.78. The quantitative estimate of drug-likeness (QED) is 0.870. The normalized spacial score (nSPS) is 18.8. The number of rotatable bonds is 4. The zero-order valence-corrected chi connectivity index (χ0v) is 12.0. The van der Waals surface area contributed by atoms with Crippen molar-refractivity contribution < 1.29 is 4.79 Å². The molecule has 2 rings (SSSR count). The summed E-state index contributed by atoms with van der Waals surface area (Å²) in [4.78, 5) is 13.9. The Morgan fingerprint density at radius 2 is 2.11 bits per heavy atom. The molecule has 5 nitrogen and oxygen atoms in total. The van der Waals surface area contributed by atoms with E-state index in [0.29, 0.717) is 6.04 Å². The first-order valence-electron chi connectivity index (χ1n) is 7.12. The smallest absolute Gasteiger partial charge is 0.225 e. The maximum absolute atomic E-state index is 11.9. The molecule has 0 bridgehead atoms. The van der Waals surface area contributed by atoms with Crippen LogP contribution in [0.15, 0.2) is 12.3 Å². The summed E-state index contributed by atoms with van der Waals surface area (Å²) < 4.78 is 0. The molecular formula is C14H24N4O. The van der Waals surface area contributed by atoms with Crippen molar-refractivity contribution in [3.05, 3.63) is 18.0 Å². The molecule has 1 unspecified atom stereocenters. The molecule has 1 aliphatic heterocycles. The fraction of sp³-hybridized carbons (Fsp3) is 0.714. The summed E-state index contributed by atoms with van der Waals surface area (Å²) in [5.41, 5.74) is 1.11. The second-order valence-electron chi connectivity index (χ2n) is 5.65. The summed E-state index contributed by atoms with van der Waals surface area (Å²) in [6.07, 6.45) is 3.82. The molecule has 1 atom stereocenters. The molecular weight excluding hydrogens is 240 g/mol. The van der Waals surface area contributed by atoms with Gasteiger partial charge in [-0.1, -0.05) is 13.8 Å². The molecule has 19 heavy (non-hydrogen) atoms. The van der Waals surface area contributed by atoms with E-state index < -0.39 is 0 Å². The largest absolute Gasteiger partial charge is 0.342 e. The summed E-state index contributed by atoms with van der Waals surface area (Å²) in [7, 11) is 0. The van der Waals surface area contributed by atoms with E-state index in [1.165, 1.54) is 0 Å². The maximum atomic E-state index is 11.9. The number of carbonyl (C=O) groups excluding carboxylic acids is 1. The Labute approximate surface area is 114 Å². The van der Waals surface area contributed by atoms with Crippen molar-refractivity contribution >= 4 is 5.91 Å². The number of likely N-dealkylation sites (tertiary alicyclic amines) is 1. The highest BCUT2D eigenvalue weighted by Crippen LogP contribution is 2.17. The Kier molecular flexibility index (Phi) is 4.58. The number of H-pyrrole nitrogens is 1. The lowest BCUT2D eigenvalue weighted by atomic mass is 10.0. The van der Waals surface area contributed by atoms with Crippen LogP contribution >= 0.6 is 0 Å². The Morgan fingerprint density at radius 3 is 2.63 bits per heavy atom. The number of carbonyl (C=O) groups is 1. The van der Waals surface area contributed by atoms with Crippen LogP contribution in [-0.2, 0) is 4.79 Å². The molecule has 2 heterocycles. The summed E-state index contributed by atoms with van der Waals surface area (Å²) in [5.74, 6) is 0.383. The SMILES string of the molecule is CC(C)C(=O)N1CCC(NC(C)c2ccn[nH]2)CC1. The lowest BCUT2D eigenvalue weighted by molar-refractivity contribution is -0.135. The van der Waals surface area contributed by atoms with E-state index in [4.69, 9.17) is 0 Å². The molecule has 1 aliphatic rings. The number of aromatic nitrogens is 2. The zero-order valence-electron chi connectivity index (χ0n) is 12.0. The topological polar surface area (TPSA) is 61.0 Å². The van der Waals surface area contributed by atoms with E-state index in [1.807, 2.05) is 24.8 Å². The third kappa shape index (κ3) is 3.56. The molecule has 2 N–H and O–H groups in total. The number of hydrogen-bond acceptors (Lipinski definition) is 3. The van der Waals surface area contributed by atoms with Crippen molar-refractivity contribution in [2.45, 2.75) is 45.7 Å². The van der Waals surface area contributed by atoms with Gasteiger partial charge in [0.1, 0.15) is 0 Å². The number of amides is 1. The Morgan fingerprint density at radius 1 is 1.42 bits per heavy atom. The molecule has 0 saturated carbocycles. The lowest BCUT2D eigenvalue weighted by Crippen LogP contribution is -2.46. The van der Waals surface area contributed by atoms with E-state index in [0.717, 1.165) is 31.6 Å². The fourth-order valence-electron chi connectivity index (χ4n) is 2.58. The van der Waals surface area contributed by atoms with Crippen LogP contribution in [-0.4, -0.2) is 40.1 Å². The van der Waals surface area contributed by atoms with Crippen molar-refractivity contribution in [3.63, 3.8) is 0 Å². The second kappa shape index (κ2) is 6.19. The summed E-state index contributed by atoms with van der Waals surface area (Å²) in [5, 5.41) is 10.6. The van der Waals surface area contributed by atoms with E-state index in [9.17, 15) is 4.79 Å². The van der Waals surface area contributed by atoms with Crippen molar-refractivity contribution in [3.8, 4) is 0 Å². The molecule has 1 fully saturated rings. The monoisotopic (exact) mass is 264 g/mol. The van der Waals surface area contributed by atoms with Gasteiger partial charge in [-0.3, -0.25) is 9.89 Å². The first-order valence-corrected chi connectivity index (χ1v) is 7.12. The van der Waals surface area contributed by atoms with Crippen LogP contribution in [0.3, 0.4) is 0 Å². The lowest BCUT2D eigenvalue weighted by Gasteiger charge is -2.34. The van der Waals surface area contributed by atoms with Crippen molar-refractivity contribution in [2.75, 3.05) is 13.1 Å². The molecule has 0 spiro atoms. The minimum Gasteiger partial charge on any atom is -0.342 e. The molecule has 1 aromatic heterocycles. The van der Waals surface area contributed by atoms with Crippen LogP contribution in [0.5, 0.6) is 0 Å². The van der Waals surface area contributed by atoms with Gasteiger partial charge in [-0.05, 0) is 25.8 Å². The highest BCUT2D eigenvalue weighted by atomic mass is 16.2.